The van der Waals surface area contributed by atoms with Crippen molar-refractivity contribution in [1.29, 1.82) is 0 Å². The van der Waals surface area contributed by atoms with Crippen LogP contribution < -0.4 is 5.73 Å². The summed E-state index contributed by atoms with van der Waals surface area (Å²) in [7, 11) is 0. The Morgan fingerprint density at radius 2 is 2.19 bits per heavy atom. The summed E-state index contributed by atoms with van der Waals surface area (Å²) in [5.41, 5.74) is 7.54. The minimum Gasteiger partial charge on any atom is -0.323 e. The highest BCUT2D eigenvalue weighted by atomic mass is 19.1. The first-order valence-corrected chi connectivity index (χ1v) is 5.03. The van der Waals surface area contributed by atoms with Crippen molar-refractivity contribution < 1.29 is 4.39 Å². The van der Waals surface area contributed by atoms with E-state index in [1.807, 2.05) is 19.9 Å². The van der Waals surface area contributed by atoms with Crippen LogP contribution in [0.5, 0.6) is 0 Å². The average molecular weight is 220 g/mol. The summed E-state index contributed by atoms with van der Waals surface area (Å²) in [6.07, 6.45) is 1.65. The fourth-order valence-electron chi connectivity index (χ4n) is 1.51. The summed E-state index contributed by atoms with van der Waals surface area (Å²) >= 11 is 0. The number of aryl methyl sites for hydroxylation is 1. The van der Waals surface area contributed by atoms with Gasteiger partial charge in [0.15, 0.2) is 0 Å². The maximum atomic E-state index is 13.6. The number of halogens is 1. The molecular formula is C11H13FN4. The number of nitrogens with two attached hydrogens (primary N) is 1. The minimum atomic E-state index is -0.318. The Morgan fingerprint density at radius 3 is 2.75 bits per heavy atom. The van der Waals surface area contributed by atoms with Gasteiger partial charge in [-0.05, 0) is 25.5 Å². The Balaban J connectivity index is 2.50. The number of nitrogens with zero attached hydrogens (tertiary/aromatic N) is 3. The number of benzene rings is 1. The molecule has 0 saturated heterocycles. The molecule has 0 aliphatic carbocycles. The maximum absolute atomic E-state index is 13.6. The highest BCUT2D eigenvalue weighted by Crippen LogP contribution is 2.17. The summed E-state index contributed by atoms with van der Waals surface area (Å²) in [6, 6.07) is 4.68. The molecule has 0 bridgehead atoms. The zero-order valence-corrected chi connectivity index (χ0v) is 9.18. The molecule has 0 radical (unpaired) electrons. The normalized spacial score (nSPS) is 12.8. The van der Waals surface area contributed by atoms with Gasteiger partial charge in [0.2, 0.25) is 0 Å². The van der Waals surface area contributed by atoms with Gasteiger partial charge in [0.1, 0.15) is 11.5 Å². The first kappa shape index (κ1) is 10.8. The van der Waals surface area contributed by atoms with Gasteiger partial charge in [-0.25, -0.2) is 9.07 Å². The largest absolute Gasteiger partial charge is 0.323 e. The van der Waals surface area contributed by atoms with E-state index in [0.29, 0.717) is 11.4 Å². The molecule has 5 heteroatoms. The van der Waals surface area contributed by atoms with Crippen molar-refractivity contribution >= 4 is 0 Å². The van der Waals surface area contributed by atoms with Crippen LogP contribution in [0.1, 0.15) is 24.2 Å². The van der Waals surface area contributed by atoms with E-state index in [4.69, 9.17) is 5.73 Å². The molecule has 1 aromatic heterocycles. The number of hydrogen-bond acceptors (Lipinski definition) is 3. The fourth-order valence-corrected chi connectivity index (χ4v) is 1.51. The molecule has 1 atom stereocenters. The van der Waals surface area contributed by atoms with Crippen LogP contribution in [0.25, 0.3) is 5.69 Å². The van der Waals surface area contributed by atoms with Gasteiger partial charge < -0.3 is 5.73 Å². The lowest BCUT2D eigenvalue weighted by Crippen LogP contribution is -2.05. The van der Waals surface area contributed by atoms with E-state index in [0.717, 1.165) is 5.56 Å². The van der Waals surface area contributed by atoms with Gasteiger partial charge in [0.25, 0.3) is 0 Å². The zero-order valence-electron chi connectivity index (χ0n) is 9.18. The fraction of sp³-hybridized carbons (Fsp3) is 0.273. The molecule has 1 aromatic carbocycles. The third-order valence-corrected chi connectivity index (χ3v) is 2.40. The Kier molecular flexibility index (Phi) is 2.70. The van der Waals surface area contributed by atoms with Gasteiger partial charge in [0, 0.05) is 6.04 Å². The van der Waals surface area contributed by atoms with Gasteiger partial charge in [-0.15, -0.1) is 5.10 Å². The molecule has 0 fully saturated rings. The SMILES string of the molecule is Cc1cccc(F)c1-n1cc(C(C)N)nn1. The van der Waals surface area contributed by atoms with Crippen LogP contribution >= 0.6 is 0 Å². The summed E-state index contributed by atoms with van der Waals surface area (Å²) in [5, 5.41) is 7.77. The number of rotatable bonds is 2. The quantitative estimate of drug-likeness (QED) is 0.838. The van der Waals surface area contributed by atoms with Gasteiger partial charge in [-0.1, -0.05) is 17.3 Å². The average Bonchev–Trinajstić information content (AvgIpc) is 2.66. The molecule has 1 unspecified atom stereocenters. The Bertz CT molecular complexity index is 484. The second kappa shape index (κ2) is 4.02. The van der Waals surface area contributed by atoms with Gasteiger partial charge in [-0.3, -0.25) is 0 Å². The Morgan fingerprint density at radius 1 is 1.44 bits per heavy atom. The van der Waals surface area contributed by atoms with E-state index in [9.17, 15) is 4.39 Å². The molecule has 1 heterocycles. The second-order valence-electron chi connectivity index (χ2n) is 3.78. The third-order valence-electron chi connectivity index (χ3n) is 2.40. The number of hydrogen-bond donors (Lipinski definition) is 1. The molecular weight excluding hydrogens is 207 g/mol. The lowest BCUT2D eigenvalue weighted by atomic mass is 10.2. The molecule has 2 rings (SSSR count). The van der Waals surface area contributed by atoms with Crippen molar-refractivity contribution in [2.24, 2.45) is 5.73 Å². The first-order chi connectivity index (χ1) is 7.59. The number of aromatic nitrogens is 3. The lowest BCUT2D eigenvalue weighted by Gasteiger charge is -2.05. The smallest absolute Gasteiger partial charge is 0.149 e. The van der Waals surface area contributed by atoms with Crippen LogP contribution in [0.2, 0.25) is 0 Å². The molecule has 0 aliphatic heterocycles. The van der Waals surface area contributed by atoms with Crippen LogP contribution in [-0.4, -0.2) is 15.0 Å². The molecule has 2 aromatic rings. The molecule has 84 valence electrons. The molecule has 0 saturated carbocycles. The number of para-hydroxylation sites is 1. The highest BCUT2D eigenvalue weighted by Gasteiger charge is 2.11. The molecule has 0 aliphatic rings. The maximum Gasteiger partial charge on any atom is 0.149 e. The Hall–Kier alpha value is -1.75. The third kappa shape index (κ3) is 1.81. The first-order valence-electron chi connectivity index (χ1n) is 5.03. The lowest BCUT2D eigenvalue weighted by molar-refractivity contribution is 0.605. The predicted octanol–water partition coefficient (Wildman–Crippen LogP) is 1.73. The minimum absolute atomic E-state index is 0.208. The monoisotopic (exact) mass is 220 g/mol. The standard InChI is InChI=1S/C11H13FN4/c1-7-4-3-5-9(12)11(7)16-6-10(8(2)13)14-15-16/h3-6,8H,13H2,1-2H3. The van der Waals surface area contributed by atoms with Crippen molar-refractivity contribution in [2.45, 2.75) is 19.9 Å². The molecule has 4 nitrogen and oxygen atoms in total. The van der Waals surface area contributed by atoms with E-state index in [1.165, 1.54) is 10.7 Å². The molecule has 0 amide bonds. The van der Waals surface area contributed by atoms with Gasteiger partial charge in [-0.2, -0.15) is 0 Å². The van der Waals surface area contributed by atoms with E-state index in [-0.39, 0.29) is 11.9 Å². The van der Waals surface area contributed by atoms with Crippen molar-refractivity contribution in [1.82, 2.24) is 15.0 Å². The summed E-state index contributed by atoms with van der Waals surface area (Å²) in [5.74, 6) is -0.318. The van der Waals surface area contributed by atoms with E-state index in [2.05, 4.69) is 10.3 Å². The highest BCUT2D eigenvalue weighted by molar-refractivity contribution is 5.40. The van der Waals surface area contributed by atoms with Crippen LogP contribution in [0, 0.1) is 12.7 Å². The van der Waals surface area contributed by atoms with Gasteiger partial charge in [0.05, 0.1) is 11.9 Å². The summed E-state index contributed by atoms with van der Waals surface area (Å²) in [6.45, 7) is 3.63. The summed E-state index contributed by atoms with van der Waals surface area (Å²) in [4.78, 5) is 0. The molecule has 2 N–H and O–H groups in total. The van der Waals surface area contributed by atoms with Crippen LogP contribution in [0.4, 0.5) is 4.39 Å². The molecule has 0 spiro atoms. The predicted molar refractivity (Wildman–Crippen MR) is 58.7 cm³/mol. The topological polar surface area (TPSA) is 56.7 Å². The van der Waals surface area contributed by atoms with E-state index >= 15 is 0 Å². The zero-order chi connectivity index (χ0) is 11.7. The van der Waals surface area contributed by atoms with Crippen molar-refractivity contribution in [3.8, 4) is 5.69 Å². The van der Waals surface area contributed by atoms with Crippen LogP contribution in [0.3, 0.4) is 0 Å². The van der Waals surface area contributed by atoms with E-state index < -0.39 is 0 Å². The van der Waals surface area contributed by atoms with Crippen molar-refractivity contribution in [2.75, 3.05) is 0 Å². The van der Waals surface area contributed by atoms with Crippen molar-refractivity contribution in [3.05, 3.63) is 41.5 Å². The Labute approximate surface area is 92.9 Å². The van der Waals surface area contributed by atoms with Crippen LogP contribution in [-0.2, 0) is 0 Å². The summed E-state index contributed by atoms with van der Waals surface area (Å²) < 4.78 is 15.0. The second-order valence-corrected chi connectivity index (χ2v) is 3.78. The van der Waals surface area contributed by atoms with Gasteiger partial charge >= 0.3 is 0 Å². The van der Waals surface area contributed by atoms with Crippen LogP contribution in [0.15, 0.2) is 24.4 Å². The van der Waals surface area contributed by atoms with Crippen molar-refractivity contribution in [3.63, 3.8) is 0 Å². The van der Waals surface area contributed by atoms with E-state index in [1.54, 1.807) is 12.3 Å². The molecule has 16 heavy (non-hydrogen) atoms.